The maximum atomic E-state index is 11.7. The van der Waals surface area contributed by atoms with Crippen LogP contribution in [0, 0.1) is 0 Å². The van der Waals surface area contributed by atoms with Crippen molar-refractivity contribution in [1.29, 1.82) is 0 Å². The van der Waals surface area contributed by atoms with Gasteiger partial charge in [0.1, 0.15) is 5.60 Å². The largest absolute Gasteiger partial charge is 0.444 e. The lowest BCUT2D eigenvalue weighted by molar-refractivity contribution is 0.0238. The number of ether oxygens (including phenoxy) is 1. The van der Waals surface area contributed by atoms with Crippen LogP contribution >= 0.6 is 0 Å². The smallest absolute Gasteiger partial charge is 0.410 e. The van der Waals surface area contributed by atoms with Crippen molar-refractivity contribution < 1.29 is 9.53 Å². The zero-order valence-electron chi connectivity index (χ0n) is 9.59. The first kappa shape index (κ1) is 10.8. The summed E-state index contributed by atoms with van der Waals surface area (Å²) in [5.41, 5.74) is 0.793. The van der Waals surface area contributed by atoms with Crippen LogP contribution in [0.25, 0.3) is 0 Å². The van der Waals surface area contributed by atoms with Gasteiger partial charge in [-0.3, -0.25) is 4.90 Å². The van der Waals surface area contributed by atoms with Crippen molar-refractivity contribution in [3.63, 3.8) is 0 Å². The third-order valence-electron chi connectivity index (χ3n) is 2.24. The predicted molar refractivity (Wildman–Crippen MR) is 56.9 cm³/mol. The number of nitrogens with one attached hydrogen (secondary N) is 2. The molecule has 1 aliphatic rings. The van der Waals surface area contributed by atoms with Gasteiger partial charge in [0.15, 0.2) is 0 Å². The number of H-pyrrole nitrogens is 2. The van der Waals surface area contributed by atoms with Gasteiger partial charge < -0.3 is 14.7 Å². The molecule has 1 aromatic heterocycles. The van der Waals surface area contributed by atoms with E-state index in [1.165, 1.54) is 0 Å². The standard InChI is InChI=1S/C10H15N3O3/c1-10(2,3)16-9(15)13-4-6-7(5-13)12-8(14)11-6/h4-5H2,1-3H3,(H2,11,12,14). The van der Waals surface area contributed by atoms with Crippen LogP contribution in [0.15, 0.2) is 4.79 Å². The minimum Gasteiger partial charge on any atom is -0.444 e. The first-order valence-corrected chi connectivity index (χ1v) is 5.13. The highest BCUT2D eigenvalue weighted by molar-refractivity contribution is 5.68. The molecule has 0 fully saturated rings. The lowest BCUT2D eigenvalue weighted by Crippen LogP contribution is -2.33. The normalized spacial score (nSPS) is 15.1. The van der Waals surface area contributed by atoms with E-state index >= 15 is 0 Å². The van der Waals surface area contributed by atoms with Crippen LogP contribution in [0.3, 0.4) is 0 Å². The number of imidazole rings is 1. The molecule has 1 amide bonds. The number of fused-ring (bicyclic) bond motifs is 1. The molecule has 0 bridgehead atoms. The molecule has 6 heteroatoms. The minimum absolute atomic E-state index is 0.228. The van der Waals surface area contributed by atoms with Gasteiger partial charge in [-0.1, -0.05) is 0 Å². The first-order chi connectivity index (χ1) is 7.35. The van der Waals surface area contributed by atoms with Crippen LogP contribution in [0.4, 0.5) is 4.79 Å². The Morgan fingerprint density at radius 3 is 2.19 bits per heavy atom. The summed E-state index contributed by atoms with van der Waals surface area (Å²) >= 11 is 0. The van der Waals surface area contributed by atoms with Gasteiger partial charge in [0, 0.05) is 0 Å². The third-order valence-corrected chi connectivity index (χ3v) is 2.24. The van der Waals surface area contributed by atoms with Crippen molar-refractivity contribution in [2.75, 3.05) is 0 Å². The molecule has 0 radical (unpaired) electrons. The Kier molecular flexibility index (Phi) is 2.29. The second-order valence-electron chi connectivity index (χ2n) is 4.87. The molecule has 2 rings (SSSR count). The number of rotatable bonds is 0. The Bertz CT molecular complexity index is 440. The fourth-order valence-electron chi connectivity index (χ4n) is 1.62. The zero-order valence-corrected chi connectivity index (χ0v) is 9.59. The number of hydrogen-bond acceptors (Lipinski definition) is 3. The summed E-state index contributed by atoms with van der Waals surface area (Å²) in [7, 11) is 0. The van der Waals surface area contributed by atoms with Gasteiger partial charge in [-0.15, -0.1) is 0 Å². The fourth-order valence-corrected chi connectivity index (χ4v) is 1.62. The lowest BCUT2D eigenvalue weighted by atomic mass is 10.2. The van der Waals surface area contributed by atoms with Crippen molar-refractivity contribution >= 4 is 6.09 Å². The summed E-state index contributed by atoms with van der Waals surface area (Å²) in [4.78, 5) is 29.5. The number of aromatic amines is 2. The van der Waals surface area contributed by atoms with Crippen molar-refractivity contribution in [3.05, 3.63) is 21.9 Å². The van der Waals surface area contributed by atoms with E-state index in [9.17, 15) is 9.59 Å². The summed E-state index contributed by atoms with van der Waals surface area (Å²) in [6.07, 6.45) is -0.363. The number of carbonyl (C=O) groups excluding carboxylic acids is 1. The van der Waals surface area contributed by atoms with Crippen molar-refractivity contribution in [2.24, 2.45) is 0 Å². The number of nitrogens with zero attached hydrogens (tertiary/aromatic N) is 1. The topological polar surface area (TPSA) is 78.2 Å². The average molecular weight is 225 g/mol. The number of carbonyl (C=O) groups is 1. The highest BCUT2D eigenvalue weighted by Crippen LogP contribution is 2.20. The fraction of sp³-hybridized carbons (Fsp3) is 0.600. The summed E-state index contributed by atoms with van der Waals surface area (Å²) < 4.78 is 5.23. The highest BCUT2D eigenvalue weighted by atomic mass is 16.6. The van der Waals surface area contributed by atoms with E-state index in [4.69, 9.17) is 4.74 Å². The molecule has 0 spiro atoms. The molecule has 2 heterocycles. The molecular weight excluding hydrogens is 210 g/mol. The van der Waals surface area contributed by atoms with Crippen molar-refractivity contribution in [2.45, 2.75) is 39.5 Å². The quantitative estimate of drug-likeness (QED) is 0.690. The van der Waals surface area contributed by atoms with Crippen LogP contribution in [0.5, 0.6) is 0 Å². The molecule has 88 valence electrons. The number of hydrogen-bond donors (Lipinski definition) is 2. The van der Waals surface area contributed by atoms with E-state index < -0.39 is 5.60 Å². The van der Waals surface area contributed by atoms with Gasteiger partial charge in [0.2, 0.25) is 0 Å². The summed E-state index contributed by atoms with van der Waals surface area (Å²) in [6.45, 7) is 6.25. The van der Waals surface area contributed by atoms with Crippen LogP contribution in [0.1, 0.15) is 32.2 Å². The van der Waals surface area contributed by atoms with E-state index in [1.54, 1.807) is 4.90 Å². The van der Waals surface area contributed by atoms with E-state index in [2.05, 4.69) is 9.97 Å². The van der Waals surface area contributed by atoms with E-state index in [-0.39, 0.29) is 11.8 Å². The maximum Gasteiger partial charge on any atom is 0.410 e. The van der Waals surface area contributed by atoms with Gasteiger partial charge in [-0.25, -0.2) is 9.59 Å². The van der Waals surface area contributed by atoms with Gasteiger partial charge >= 0.3 is 11.8 Å². The molecule has 0 atom stereocenters. The van der Waals surface area contributed by atoms with Gasteiger partial charge in [-0.2, -0.15) is 0 Å². The Morgan fingerprint density at radius 1 is 1.25 bits per heavy atom. The van der Waals surface area contributed by atoms with Crippen LogP contribution < -0.4 is 5.69 Å². The average Bonchev–Trinajstić information content (AvgIpc) is 2.56. The summed E-state index contributed by atoms with van der Waals surface area (Å²) in [5.74, 6) is 0. The molecule has 0 unspecified atom stereocenters. The lowest BCUT2D eigenvalue weighted by Gasteiger charge is -2.23. The molecule has 0 aliphatic carbocycles. The Hall–Kier alpha value is -1.72. The molecule has 0 saturated heterocycles. The van der Waals surface area contributed by atoms with Gasteiger partial charge in [0.25, 0.3) is 0 Å². The molecular formula is C10H15N3O3. The molecule has 1 aromatic rings. The summed E-state index contributed by atoms with van der Waals surface area (Å²) in [6, 6.07) is 0. The predicted octanol–water partition coefficient (Wildman–Crippen LogP) is 0.954. The Labute approximate surface area is 92.6 Å². The van der Waals surface area contributed by atoms with E-state index in [0.29, 0.717) is 13.1 Å². The molecule has 1 aliphatic heterocycles. The maximum absolute atomic E-state index is 11.7. The van der Waals surface area contributed by atoms with Crippen LogP contribution in [0.2, 0.25) is 0 Å². The Balaban J connectivity index is 2.04. The monoisotopic (exact) mass is 225 g/mol. The molecule has 0 saturated carbocycles. The molecule has 0 aromatic carbocycles. The second kappa shape index (κ2) is 3.40. The first-order valence-electron chi connectivity index (χ1n) is 5.13. The van der Waals surface area contributed by atoms with Crippen molar-refractivity contribution in [3.8, 4) is 0 Å². The van der Waals surface area contributed by atoms with Crippen LogP contribution in [-0.4, -0.2) is 26.6 Å². The van der Waals surface area contributed by atoms with Gasteiger partial charge in [0.05, 0.1) is 24.5 Å². The third kappa shape index (κ3) is 2.10. The second-order valence-corrected chi connectivity index (χ2v) is 4.87. The van der Waals surface area contributed by atoms with Gasteiger partial charge in [-0.05, 0) is 20.8 Å². The van der Waals surface area contributed by atoms with Crippen molar-refractivity contribution in [1.82, 2.24) is 14.9 Å². The van der Waals surface area contributed by atoms with E-state index in [0.717, 1.165) is 11.4 Å². The van der Waals surface area contributed by atoms with E-state index in [1.807, 2.05) is 20.8 Å². The highest BCUT2D eigenvalue weighted by Gasteiger charge is 2.29. The summed E-state index contributed by atoms with van der Waals surface area (Å²) in [5, 5.41) is 0. The molecule has 16 heavy (non-hydrogen) atoms. The van der Waals surface area contributed by atoms with Crippen LogP contribution in [-0.2, 0) is 17.8 Å². The number of aromatic nitrogens is 2. The SMILES string of the molecule is CC(C)(C)OC(=O)N1Cc2[nH]c(=O)[nH]c2C1. The minimum atomic E-state index is -0.499. The molecule has 2 N–H and O–H groups in total. The zero-order chi connectivity index (χ0) is 11.9. The molecule has 6 nitrogen and oxygen atoms in total. The number of amides is 1. The Morgan fingerprint density at radius 2 is 1.75 bits per heavy atom.